The minimum absolute atomic E-state index is 0.0882. The molecule has 12 aromatic rings. The molecule has 8 aromatic heterocycles. The van der Waals surface area contributed by atoms with Crippen LogP contribution in [-0.4, -0.2) is 0 Å². The van der Waals surface area contributed by atoms with E-state index < -0.39 is 0 Å². The summed E-state index contributed by atoms with van der Waals surface area (Å²) in [6.45, 7) is 9.07. The highest BCUT2D eigenvalue weighted by atomic mass is 32.1. The third-order valence-corrected chi connectivity index (χ3v) is 27.1. The molecule has 0 amide bonds. The highest BCUT2D eigenvalue weighted by molar-refractivity contribution is 7.28. The Morgan fingerprint density at radius 2 is 0.622 bits per heavy atom. The molecule has 2 aliphatic rings. The van der Waals surface area contributed by atoms with Gasteiger partial charge in [-0.15, -0.1) is 90.7 Å². The van der Waals surface area contributed by atoms with Gasteiger partial charge in [-0.2, -0.15) is 0 Å². The number of thiophene rings is 8. The average Bonchev–Trinajstić information content (AvgIpc) is 3.83. The standard InChI is InChI=1S/C36H34O2S4.C36H38S4/c1-3-5-7-9-11-21-13-15-29(39-21)31-19-27-33(37)23-18-26-24(17-25(23)35(27)41-31)34(38)28-20-32(42-36(26)28)30-16-14-22(40-30)12-10-8-6-4-2;1-3-5-7-9-11-27-13-15-31(37-27)33-21-25-17-23-20-30-24(19-29(23)35(25)39-33)18-26-22-34(40-36(26)30)32-16-14-28(38-32)12-10-8-6-4-2/h13-20H,3-12H2,1-2H3;13-16,19-22H,3-12,17-18H2,1-2H3. The fourth-order valence-electron chi connectivity index (χ4n) is 12.5. The van der Waals surface area contributed by atoms with Crippen molar-refractivity contribution >= 4 is 132 Å². The maximum Gasteiger partial charge on any atom is 0.195 e. The molecule has 0 radical (unpaired) electrons. The minimum atomic E-state index is 0.0882. The quantitative estimate of drug-likeness (QED) is 0.0565. The molecule has 0 saturated heterocycles. The van der Waals surface area contributed by atoms with Crippen molar-refractivity contribution < 1.29 is 0 Å². The molecule has 14 rings (SSSR count). The van der Waals surface area contributed by atoms with Crippen LogP contribution in [0, 0.1) is 0 Å². The van der Waals surface area contributed by atoms with Gasteiger partial charge in [0.2, 0.25) is 0 Å². The largest absolute Gasteiger partial charge is 0.289 e. The molecule has 420 valence electrons. The predicted molar refractivity (Wildman–Crippen MR) is 370 cm³/mol. The summed E-state index contributed by atoms with van der Waals surface area (Å²) in [6.07, 6.45) is 27.8. The summed E-state index contributed by atoms with van der Waals surface area (Å²) >= 11 is 15.1. The Hall–Kier alpha value is -4.62. The van der Waals surface area contributed by atoms with E-state index in [-0.39, 0.29) is 10.9 Å². The van der Waals surface area contributed by atoms with Crippen molar-refractivity contribution in [2.75, 3.05) is 0 Å². The summed E-state index contributed by atoms with van der Waals surface area (Å²) in [5, 5.41) is 4.91. The molecule has 0 atom stereocenters. The number of unbranched alkanes of at least 4 members (excludes halogenated alkanes) is 12. The van der Waals surface area contributed by atoms with Crippen LogP contribution < -0.4 is 10.9 Å². The monoisotopic (exact) mass is 1220 g/mol. The molecule has 0 bridgehead atoms. The summed E-state index contributed by atoms with van der Waals surface area (Å²) in [5.41, 5.74) is 9.31. The first kappa shape index (κ1) is 56.5. The molecule has 82 heavy (non-hydrogen) atoms. The van der Waals surface area contributed by atoms with Crippen LogP contribution in [0.2, 0.25) is 0 Å². The lowest BCUT2D eigenvalue weighted by Crippen LogP contribution is -1.95. The Morgan fingerprint density at radius 1 is 0.293 bits per heavy atom. The number of hydrogen-bond acceptors (Lipinski definition) is 10. The fourth-order valence-corrected chi connectivity index (χ4v) is 21.9. The number of aryl methyl sites for hydroxylation is 4. The summed E-state index contributed by atoms with van der Waals surface area (Å²) in [7, 11) is 0. The predicted octanol–water partition coefficient (Wildman–Crippen LogP) is 24.4. The SMILES string of the molecule is CCCCCCc1ccc(-c2cc3c(=O)c4cc5c(cc4c3s2)c(=O)c2cc(-c3ccc(CCCCCC)s3)sc25)s1.CCCCCCc1ccc(-c2cc3c(s2)-c2cc4c(cc2C3)-c2sc(-c3ccc(CCCCCC)s3)cc2C4)s1. The molecular weight excluding hydrogens is 1150 g/mol. The molecule has 0 spiro atoms. The van der Waals surface area contributed by atoms with Crippen LogP contribution in [0.15, 0.2) is 107 Å². The Kier molecular flexibility index (Phi) is 17.3. The molecule has 2 aliphatic carbocycles. The minimum Gasteiger partial charge on any atom is -0.289 e. The lowest BCUT2D eigenvalue weighted by Gasteiger charge is -2.06. The van der Waals surface area contributed by atoms with Crippen LogP contribution in [0.4, 0.5) is 0 Å². The molecule has 0 N–H and O–H groups in total. The van der Waals surface area contributed by atoms with Gasteiger partial charge in [-0.25, -0.2) is 0 Å². The molecule has 0 fully saturated rings. The molecule has 2 nitrogen and oxygen atoms in total. The van der Waals surface area contributed by atoms with Crippen molar-refractivity contribution in [2.24, 2.45) is 0 Å². The summed E-state index contributed by atoms with van der Waals surface area (Å²) < 4.78 is 2.03. The van der Waals surface area contributed by atoms with Crippen LogP contribution in [-0.2, 0) is 38.5 Å². The zero-order chi connectivity index (χ0) is 55.8. The van der Waals surface area contributed by atoms with Gasteiger partial charge >= 0.3 is 0 Å². The number of hydrogen-bond donors (Lipinski definition) is 0. The molecule has 0 saturated carbocycles. The maximum absolute atomic E-state index is 13.6. The smallest absolute Gasteiger partial charge is 0.195 e. The fraction of sp³-hybridized carbons (Fsp3) is 0.361. The van der Waals surface area contributed by atoms with Crippen molar-refractivity contribution in [1.82, 2.24) is 0 Å². The van der Waals surface area contributed by atoms with E-state index in [0.717, 1.165) is 77.2 Å². The highest BCUT2D eigenvalue weighted by Crippen LogP contribution is 2.53. The second-order valence-corrected chi connectivity index (χ2v) is 31.9. The van der Waals surface area contributed by atoms with E-state index in [4.69, 9.17) is 0 Å². The summed E-state index contributed by atoms with van der Waals surface area (Å²) in [5.74, 6) is 0. The molecule has 10 heteroatoms. The van der Waals surface area contributed by atoms with Crippen molar-refractivity contribution in [2.45, 2.75) is 169 Å². The number of benzene rings is 2. The van der Waals surface area contributed by atoms with Gasteiger partial charge in [0.15, 0.2) is 10.9 Å². The Labute approximate surface area is 515 Å². The van der Waals surface area contributed by atoms with Gasteiger partial charge in [0.1, 0.15) is 0 Å². The van der Waals surface area contributed by atoms with E-state index in [2.05, 4.69) is 113 Å². The first-order valence-corrected chi connectivity index (χ1v) is 37.1. The third-order valence-electron chi connectivity index (χ3n) is 17.0. The highest BCUT2D eigenvalue weighted by Gasteiger charge is 2.30. The van der Waals surface area contributed by atoms with E-state index in [9.17, 15) is 9.59 Å². The van der Waals surface area contributed by atoms with E-state index in [1.807, 2.05) is 80.2 Å². The van der Waals surface area contributed by atoms with E-state index in [0.29, 0.717) is 0 Å². The van der Waals surface area contributed by atoms with Crippen LogP contribution in [0.25, 0.3) is 102 Å². The molecule has 8 heterocycles. The third kappa shape index (κ3) is 11.4. The van der Waals surface area contributed by atoms with Gasteiger partial charge in [0, 0.05) is 110 Å². The van der Waals surface area contributed by atoms with Gasteiger partial charge in [0.25, 0.3) is 0 Å². The van der Waals surface area contributed by atoms with Gasteiger partial charge < -0.3 is 0 Å². The van der Waals surface area contributed by atoms with Gasteiger partial charge in [-0.3, -0.25) is 9.59 Å². The Morgan fingerprint density at radius 3 is 0.951 bits per heavy atom. The molecule has 0 unspecified atom stereocenters. The van der Waals surface area contributed by atoms with Crippen LogP contribution in [0.3, 0.4) is 0 Å². The second-order valence-electron chi connectivity index (χ2n) is 23.1. The Bertz CT molecular complexity index is 4030. The van der Waals surface area contributed by atoms with E-state index in [1.54, 1.807) is 32.4 Å². The lowest BCUT2D eigenvalue weighted by molar-refractivity contribution is 0.670. The first-order chi connectivity index (χ1) is 40.2. The van der Waals surface area contributed by atoms with Crippen LogP contribution >= 0.6 is 90.7 Å². The van der Waals surface area contributed by atoms with Crippen molar-refractivity contribution in [3.8, 4) is 59.9 Å². The Balaban J connectivity index is 0.000000154. The van der Waals surface area contributed by atoms with Crippen molar-refractivity contribution in [3.63, 3.8) is 0 Å². The molecule has 0 aliphatic heterocycles. The van der Waals surface area contributed by atoms with Gasteiger partial charge in [-0.1, -0.05) is 105 Å². The van der Waals surface area contributed by atoms with Crippen molar-refractivity contribution in [1.29, 1.82) is 0 Å². The first-order valence-electron chi connectivity index (χ1n) is 30.6. The summed E-state index contributed by atoms with van der Waals surface area (Å²) in [6, 6.07) is 36.6. The van der Waals surface area contributed by atoms with Gasteiger partial charge in [-0.05, 0) is 195 Å². The summed E-state index contributed by atoms with van der Waals surface area (Å²) in [4.78, 5) is 46.8. The zero-order valence-electron chi connectivity index (χ0n) is 47.9. The van der Waals surface area contributed by atoms with Crippen LogP contribution in [0.5, 0.6) is 0 Å². The van der Waals surface area contributed by atoms with Crippen molar-refractivity contribution in [3.05, 3.63) is 159 Å². The molecule has 4 aromatic carbocycles. The number of fused-ring (bicyclic) bond motifs is 12. The average molecular weight is 1230 g/mol. The second kappa shape index (κ2) is 25.1. The zero-order valence-corrected chi connectivity index (χ0v) is 54.4. The normalized spacial score (nSPS) is 12.6. The molecular formula is C72H72O2S8. The van der Waals surface area contributed by atoms with Gasteiger partial charge in [0.05, 0.1) is 0 Å². The topological polar surface area (TPSA) is 34.1 Å². The van der Waals surface area contributed by atoms with Crippen LogP contribution in [0.1, 0.15) is 172 Å². The van der Waals surface area contributed by atoms with E-state index in [1.165, 1.54) is 198 Å². The maximum atomic E-state index is 13.6. The number of rotatable bonds is 24. The van der Waals surface area contributed by atoms with E-state index >= 15 is 0 Å². The lowest BCUT2D eigenvalue weighted by atomic mass is 10.0.